The first-order valence-electron chi connectivity index (χ1n) is 9.17. The standard InChI is InChI=1S/C21H23N5O2/c1-3-25(4-2)17-12-10-16(11-13-17)20(27)23-24-21(28)19-14-22-15-26(19)18-8-6-5-7-9-18/h5-15H,3-4H2,1-2H3,(H,23,27)(H,24,28). The highest BCUT2D eigenvalue weighted by Crippen LogP contribution is 2.15. The van der Waals surface area contributed by atoms with Gasteiger partial charge in [-0.2, -0.15) is 0 Å². The van der Waals surface area contributed by atoms with Crippen LogP contribution in [0, 0.1) is 0 Å². The monoisotopic (exact) mass is 377 g/mol. The number of imidazole rings is 1. The fourth-order valence-corrected chi connectivity index (χ4v) is 2.92. The Morgan fingerprint density at radius 3 is 2.21 bits per heavy atom. The van der Waals surface area contributed by atoms with Crippen LogP contribution in [0.1, 0.15) is 34.7 Å². The molecule has 0 atom stereocenters. The smallest absolute Gasteiger partial charge is 0.288 e. The van der Waals surface area contributed by atoms with E-state index in [4.69, 9.17) is 0 Å². The second-order valence-electron chi connectivity index (χ2n) is 6.11. The minimum atomic E-state index is -0.450. The number of nitrogens with zero attached hydrogens (tertiary/aromatic N) is 3. The molecule has 0 unspecified atom stereocenters. The molecule has 0 spiro atoms. The lowest BCUT2D eigenvalue weighted by atomic mass is 10.2. The number of carbonyl (C=O) groups is 2. The van der Waals surface area contributed by atoms with Crippen molar-refractivity contribution in [2.75, 3.05) is 18.0 Å². The average molecular weight is 377 g/mol. The maximum absolute atomic E-state index is 12.5. The maximum Gasteiger partial charge on any atom is 0.288 e. The van der Waals surface area contributed by atoms with E-state index in [1.54, 1.807) is 23.0 Å². The quantitative estimate of drug-likeness (QED) is 0.648. The van der Waals surface area contributed by atoms with Crippen molar-refractivity contribution in [1.82, 2.24) is 20.4 Å². The minimum absolute atomic E-state index is 0.323. The molecular weight excluding hydrogens is 354 g/mol. The number of hydrogen-bond acceptors (Lipinski definition) is 4. The van der Waals surface area contributed by atoms with E-state index in [1.807, 2.05) is 42.5 Å². The van der Waals surface area contributed by atoms with E-state index in [0.29, 0.717) is 11.3 Å². The Balaban J connectivity index is 1.64. The Morgan fingerprint density at radius 2 is 1.57 bits per heavy atom. The highest BCUT2D eigenvalue weighted by Gasteiger charge is 2.14. The highest BCUT2D eigenvalue weighted by molar-refractivity contribution is 5.98. The Morgan fingerprint density at radius 1 is 0.929 bits per heavy atom. The summed E-state index contributed by atoms with van der Waals surface area (Å²) in [5.74, 6) is -0.834. The van der Waals surface area contributed by atoms with Crippen molar-refractivity contribution >= 4 is 17.5 Å². The third-order valence-corrected chi connectivity index (χ3v) is 4.45. The predicted octanol–water partition coefficient (Wildman–Crippen LogP) is 2.79. The summed E-state index contributed by atoms with van der Waals surface area (Å²) in [5.41, 5.74) is 7.54. The molecule has 7 nitrogen and oxygen atoms in total. The molecular formula is C21H23N5O2. The van der Waals surface area contributed by atoms with Crippen LogP contribution in [0.5, 0.6) is 0 Å². The molecule has 1 aromatic heterocycles. The van der Waals surface area contributed by atoms with Crippen molar-refractivity contribution in [3.63, 3.8) is 0 Å². The lowest BCUT2D eigenvalue weighted by molar-refractivity contribution is 0.0843. The van der Waals surface area contributed by atoms with Gasteiger partial charge in [-0.05, 0) is 50.2 Å². The van der Waals surface area contributed by atoms with E-state index >= 15 is 0 Å². The van der Waals surface area contributed by atoms with Crippen molar-refractivity contribution in [1.29, 1.82) is 0 Å². The van der Waals surface area contributed by atoms with E-state index in [2.05, 4.69) is 34.6 Å². The molecule has 28 heavy (non-hydrogen) atoms. The van der Waals surface area contributed by atoms with Crippen LogP contribution in [0.25, 0.3) is 5.69 Å². The second kappa shape index (κ2) is 8.85. The average Bonchev–Trinajstić information content (AvgIpc) is 3.24. The summed E-state index contributed by atoms with van der Waals surface area (Å²) in [4.78, 5) is 31.0. The number of aromatic nitrogens is 2. The van der Waals surface area contributed by atoms with Crippen LogP contribution in [0.2, 0.25) is 0 Å². The summed E-state index contributed by atoms with van der Waals surface area (Å²) in [6.45, 7) is 5.96. The van der Waals surface area contributed by atoms with Crippen LogP contribution in [0.15, 0.2) is 67.1 Å². The minimum Gasteiger partial charge on any atom is -0.372 e. The summed E-state index contributed by atoms with van der Waals surface area (Å²) in [6.07, 6.45) is 3.01. The van der Waals surface area contributed by atoms with Crippen molar-refractivity contribution in [2.45, 2.75) is 13.8 Å². The third kappa shape index (κ3) is 4.20. The van der Waals surface area contributed by atoms with Crippen LogP contribution >= 0.6 is 0 Å². The van der Waals surface area contributed by atoms with Crippen molar-refractivity contribution in [3.8, 4) is 5.69 Å². The molecule has 2 aromatic carbocycles. The zero-order chi connectivity index (χ0) is 19.9. The van der Waals surface area contributed by atoms with Gasteiger partial charge in [-0.3, -0.25) is 25.0 Å². The molecule has 3 rings (SSSR count). The third-order valence-electron chi connectivity index (χ3n) is 4.45. The van der Waals surface area contributed by atoms with Gasteiger partial charge in [-0.25, -0.2) is 4.98 Å². The van der Waals surface area contributed by atoms with Crippen LogP contribution in [-0.2, 0) is 0 Å². The van der Waals surface area contributed by atoms with Gasteiger partial charge in [-0.1, -0.05) is 18.2 Å². The molecule has 0 saturated heterocycles. The predicted molar refractivity (Wildman–Crippen MR) is 108 cm³/mol. The number of para-hydroxylation sites is 1. The van der Waals surface area contributed by atoms with Crippen LogP contribution < -0.4 is 15.8 Å². The van der Waals surface area contributed by atoms with E-state index in [0.717, 1.165) is 24.5 Å². The van der Waals surface area contributed by atoms with Gasteiger partial charge in [0.1, 0.15) is 5.69 Å². The summed E-state index contributed by atoms with van der Waals surface area (Å²) in [7, 11) is 0. The van der Waals surface area contributed by atoms with Gasteiger partial charge in [0.15, 0.2) is 0 Å². The maximum atomic E-state index is 12.5. The van der Waals surface area contributed by atoms with Gasteiger partial charge < -0.3 is 4.90 Å². The van der Waals surface area contributed by atoms with Crippen molar-refractivity contribution in [2.24, 2.45) is 0 Å². The van der Waals surface area contributed by atoms with Crippen molar-refractivity contribution in [3.05, 3.63) is 78.4 Å². The molecule has 1 heterocycles. The summed E-state index contributed by atoms with van der Waals surface area (Å²) in [6, 6.07) is 16.7. The summed E-state index contributed by atoms with van der Waals surface area (Å²) < 4.78 is 1.65. The molecule has 0 bridgehead atoms. The van der Waals surface area contributed by atoms with Crippen molar-refractivity contribution < 1.29 is 9.59 Å². The van der Waals surface area contributed by atoms with Gasteiger partial charge in [0.25, 0.3) is 11.8 Å². The number of hydrogen-bond donors (Lipinski definition) is 2. The molecule has 0 aliphatic heterocycles. The van der Waals surface area contributed by atoms with E-state index in [1.165, 1.54) is 6.20 Å². The molecule has 0 aliphatic rings. The van der Waals surface area contributed by atoms with E-state index in [-0.39, 0.29) is 5.91 Å². The fourth-order valence-electron chi connectivity index (χ4n) is 2.92. The summed E-state index contributed by atoms with van der Waals surface area (Å²) >= 11 is 0. The van der Waals surface area contributed by atoms with E-state index in [9.17, 15) is 9.59 Å². The lowest BCUT2D eigenvalue weighted by Crippen LogP contribution is -2.42. The molecule has 3 aromatic rings. The van der Waals surface area contributed by atoms with Gasteiger partial charge in [0.2, 0.25) is 0 Å². The van der Waals surface area contributed by atoms with E-state index < -0.39 is 5.91 Å². The Bertz CT molecular complexity index is 931. The first-order chi connectivity index (χ1) is 13.6. The molecule has 2 amide bonds. The number of anilines is 1. The Hall–Kier alpha value is -3.61. The molecule has 2 N–H and O–H groups in total. The zero-order valence-electron chi connectivity index (χ0n) is 15.9. The summed E-state index contributed by atoms with van der Waals surface area (Å²) in [5, 5.41) is 0. The molecule has 0 aliphatic carbocycles. The van der Waals surface area contributed by atoms with Gasteiger partial charge in [0, 0.05) is 30.0 Å². The Labute approximate surface area is 164 Å². The fraction of sp³-hybridized carbons (Fsp3) is 0.190. The molecule has 0 fully saturated rings. The number of carbonyl (C=O) groups excluding carboxylic acids is 2. The number of rotatable bonds is 6. The first-order valence-corrected chi connectivity index (χ1v) is 9.17. The van der Waals surface area contributed by atoms with Crippen LogP contribution in [0.3, 0.4) is 0 Å². The molecule has 0 radical (unpaired) electrons. The highest BCUT2D eigenvalue weighted by atomic mass is 16.2. The Kier molecular flexibility index (Phi) is 6.06. The largest absolute Gasteiger partial charge is 0.372 e. The number of hydrazine groups is 1. The normalized spacial score (nSPS) is 10.4. The van der Waals surface area contributed by atoms with Gasteiger partial charge in [-0.15, -0.1) is 0 Å². The lowest BCUT2D eigenvalue weighted by Gasteiger charge is -2.21. The van der Waals surface area contributed by atoms with Crippen LogP contribution in [-0.4, -0.2) is 34.5 Å². The molecule has 0 saturated carbocycles. The SMILES string of the molecule is CCN(CC)c1ccc(C(=O)NNC(=O)c2cncn2-c2ccccc2)cc1. The molecule has 7 heteroatoms. The van der Waals surface area contributed by atoms with Crippen LogP contribution in [0.4, 0.5) is 5.69 Å². The first kappa shape index (κ1) is 19.2. The number of amides is 2. The second-order valence-corrected chi connectivity index (χ2v) is 6.11. The molecule has 144 valence electrons. The number of benzene rings is 2. The van der Waals surface area contributed by atoms with Gasteiger partial charge in [0.05, 0.1) is 12.5 Å². The topological polar surface area (TPSA) is 79.3 Å². The number of nitrogens with one attached hydrogen (secondary N) is 2. The van der Waals surface area contributed by atoms with Gasteiger partial charge >= 0.3 is 0 Å². The zero-order valence-corrected chi connectivity index (χ0v) is 15.9.